The maximum absolute atomic E-state index is 13.0. The number of aliphatic hydroxyl groups is 2. The quantitative estimate of drug-likeness (QED) is 0.683. The van der Waals surface area contributed by atoms with Gasteiger partial charge in [-0.25, -0.2) is 0 Å². The number of amides is 1. The Hall–Kier alpha value is -1.88. The lowest BCUT2D eigenvalue weighted by Crippen LogP contribution is -2.32. The molecule has 5 nitrogen and oxygen atoms in total. The van der Waals surface area contributed by atoms with Crippen molar-refractivity contribution < 1.29 is 19.8 Å². The van der Waals surface area contributed by atoms with Crippen molar-refractivity contribution in [1.82, 2.24) is 5.32 Å². The van der Waals surface area contributed by atoms with Gasteiger partial charge in [-0.05, 0) is 48.2 Å². The number of allylic oxidation sites excluding steroid dienone is 3. The highest BCUT2D eigenvalue weighted by molar-refractivity contribution is 6.15. The van der Waals surface area contributed by atoms with Gasteiger partial charge in [0.15, 0.2) is 5.76 Å². The fourth-order valence-electron chi connectivity index (χ4n) is 5.57. The Morgan fingerprint density at radius 1 is 1.12 bits per heavy atom. The molecule has 4 aliphatic rings. The van der Waals surface area contributed by atoms with Crippen LogP contribution >= 0.6 is 0 Å². The third-order valence-corrected chi connectivity index (χ3v) is 6.76. The van der Waals surface area contributed by atoms with Crippen LogP contribution in [0, 0.1) is 16.7 Å². The van der Waals surface area contributed by atoms with Gasteiger partial charge in [0.2, 0.25) is 5.78 Å². The van der Waals surface area contributed by atoms with Gasteiger partial charge < -0.3 is 15.5 Å². The summed E-state index contributed by atoms with van der Waals surface area (Å²) < 4.78 is 0. The van der Waals surface area contributed by atoms with E-state index < -0.39 is 11.5 Å². The SMILES string of the molecule is CC(C)C1=C(O)C(=O)C2=C3NC(=O)C4=C3C(C)(CCC4O)CCC21C. The largest absolute Gasteiger partial charge is 0.504 e. The molecule has 0 aromatic heterocycles. The minimum atomic E-state index is -0.784. The second-order valence-corrected chi connectivity index (χ2v) is 8.69. The number of carbonyl (C=O) groups excluding carboxylic acids is 2. The molecule has 1 heterocycles. The van der Waals surface area contributed by atoms with E-state index in [-0.39, 0.29) is 28.8 Å². The Bertz CT molecular complexity index is 816. The summed E-state index contributed by atoms with van der Waals surface area (Å²) in [6.07, 6.45) is 2.12. The van der Waals surface area contributed by atoms with Crippen molar-refractivity contribution >= 4 is 11.7 Å². The number of Topliss-reactive ketones (excluding diaryl/α,β-unsaturated/α-hetero) is 1. The highest BCUT2D eigenvalue weighted by Crippen LogP contribution is 2.60. The summed E-state index contributed by atoms with van der Waals surface area (Å²) in [6, 6.07) is 0. The van der Waals surface area contributed by atoms with Gasteiger partial charge in [-0.1, -0.05) is 27.7 Å². The Kier molecular flexibility index (Phi) is 3.21. The van der Waals surface area contributed by atoms with Crippen molar-refractivity contribution in [3.05, 3.63) is 33.7 Å². The lowest BCUT2D eigenvalue weighted by molar-refractivity contribution is -0.117. The summed E-state index contributed by atoms with van der Waals surface area (Å²) in [6.45, 7) is 8.11. The molecule has 3 N–H and O–H groups in total. The van der Waals surface area contributed by atoms with Gasteiger partial charge in [0.1, 0.15) is 0 Å². The van der Waals surface area contributed by atoms with Gasteiger partial charge in [0.25, 0.3) is 5.91 Å². The minimum absolute atomic E-state index is 0.0381. The lowest BCUT2D eigenvalue weighted by atomic mass is 9.67. The Balaban J connectivity index is 2.04. The molecule has 0 aromatic rings. The number of ketones is 1. The van der Waals surface area contributed by atoms with Crippen molar-refractivity contribution in [2.45, 2.75) is 59.5 Å². The topological polar surface area (TPSA) is 86.6 Å². The van der Waals surface area contributed by atoms with E-state index in [0.29, 0.717) is 23.3 Å². The maximum Gasteiger partial charge on any atom is 0.254 e. The zero-order chi connectivity index (χ0) is 18.3. The van der Waals surface area contributed by atoms with Crippen LogP contribution in [0.5, 0.6) is 0 Å². The average molecular weight is 343 g/mol. The van der Waals surface area contributed by atoms with Crippen molar-refractivity contribution in [2.24, 2.45) is 16.7 Å². The lowest BCUT2D eigenvalue weighted by Gasteiger charge is -2.37. The van der Waals surface area contributed by atoms with Crippen LogP contribution in [-0.2, 0) is 9.59 Å². The first-order valence-electron chi connectivity index (χ1n) is 9.09. The standard InChI is InChI=1S/C20H25NO4/c1-9(2)12-16(23)17(24)14-15-13-11(18(25)21-15)10(22)5-6-19(13,3)7-8-20(12,14)4/h9-10,22-23H,5-8H2,1-4H3,(H,21,25). The predicted octanol–water partition coefficient (Wildman–Crippen LogP) is 2.68. The molecule has 4 rings (SSSR count). The number of hydrogen-bond donors (Lipinski definition) is 3. The molecule has 3 unspecified atom stereocenters. The molecule has 0 bridgehead atoms. The zero-order valence-electron chi connectivity index (χ0n) is 15.2. The number of carbonyl (C=O) groups is 2. The summed E-state index contributed by atoms with van der Waals surface area (Å²) >= 11 is 0. The predicted molar refractivity (Wildman–Crippen MR) is 92.4 cm³/mol. The van der Waals surface area contributed by atoms with Crippen LogP contribution in [0.2, 0.25) is 0 Å². The summed E-state index contributed by atoms with van der Waals surface area (Å²) in [7, 11) is 0. The monoisotopic (exact) mass is 343 g/mol. The molecule has 3 atom stereocenters. The number of hydrogen-bond acceptors (Lipinski definition) is 4. The third-order valence-electron chi connectivity index (χ3n) is 6.76. The van der Waals surface area contributed by atoms with E-state index >= 15 is 0 Å². The average Bonchev–Trinajstić information content (AvgIpc) is 2.93. The van der Waals surface area contributed by atoms with E-state index in [9.17, 15) is 19.8 Å². The smallest absolute Gasteiger partial charge is 0.254 e. The zero-order valence-corrected chi connectivity index (χ0v) is 15.2. The van der Waals surface area contributed by atoms with Crippen LogP contribution in [0.25, 0.3) is 0 Å². The van der Waals surface area contributed by atoms with E-state index in [1.165, 1.54) is 0 Å². The molecule has 1 aliphatic heterocycles. The normalized spacial score (nSPS) is 37.6. The van der Waals surface area contributed by atoms with Crippen LogP contribution in [0.15, 0.2) is 33.7 Å². The number of rotatable bonds is 1. The van der Waals surface area contributed by atoms with Gasteiger partial charge in [-0.15, -0.1) is 0 Å². The van der Waals surface area contributed by atoms with E-state index in [2.05, 4.69) is 12.2 Å². The Labute approximate surface area is 147 Å². The van der Waals surface area contributed by atoms with E-state index in [0.717, 1.165) is 30.4 Å². The fraction of sp³-hybridized carbons (Fsp3) is 0.600. The molecule has 1 amide bonds. The second-order valence-electron chi connectivity index (χ2n) is 8.69. The third kappa shape index (κ3) is 1.87. The first-order chi connectivity index (χ1) is 11.6. The first kappa shape index (κ1) is 16.6. The van der Waals surface area contributed by atoms with Gasteiger partial charge in [0, 0.05) is 11.0 Å². The molecule has 0 saturated carbocycles. The summed E-state index contributed by atoms with van der Waals surface area (Å²) in [5.74, 6) is -0.801. The molecule has 134 valence electrons. The summed E-state index contributed by atoms with van der Waals surface area (Å²) in [5.41, 5.74) is 2.24. The van der Waals surface area contributed by atoms with Gasteiger partial charge in [-0.2, -0.15) is 0 Å². The van der Waals surface area contributed by atoms with E-state index in [4.69, 9.17) is 0 Å². The van der Waals surface area contributed by atoms with Gasteiger partial charge in [0.05, 0.1) is 17.4 Å². The van der Waals surface area contributed by atoms with E-state index in [1.807, 2.05) is 20.8 Å². The first-order valence-corrected chi connectivity index (χ1v) is 9.09. The van der Waals surface area contributed by atoms with Crippen LogP contribution in [0.3, 0.4) is 0 Å². The Morgan fingerprint density at radius 2 is 1.80 bits per heavy atom. The molecule has 5 heteroatoms. The molecule has 0 spiro atoms. The van der Waals surface area contributed by atoms with E-state index in [1.54, 1.807) is 0 Å². The molecule has 0 fully saturated rings. The Morgan fingerprint density at radius 3 is 2.44 bits per heavy atom. The molecule has 0 radical (unpaired) electrons. The van der Waals surface area contributed by atoms with Crippen molar-refractivity contribution in [2.75, 3.05) is 0 Å². The molecule has 3 aliphatic carbocycles. The van der Waals surface area contributed by atoms with Crippen molar-refractivity contribution in [1.29, 1.82) is 0 Å². The van der Waals surface area contributed by atoms with Crippen LogP contribution in [0.1, 0.15) is 53.4 Å². The maximum atomic E-state index is 13.0. The fourth-order valence-corrected chi connectivity index (χ4v) is 5.57. The molecular formula is C20H25NO4. The molecule has 0 saturated heterocycles. The summed E-state index contributed by atoms with van der Waals surface area (Å²) in [5, 5.41) is 23.8. The highest BCUT2D eigenvalue weighted by Gasteiger charge is 2.56. The van der Waals surface area contributed by atoms with Crippen molar-refractivity contribution in [3.8, 4) is 0 Å². The van der Waals surface area contributed by atoms with Crippen LogP contribution in [0.4, 0.5) is 0 Å². The van der Waals surface area contributed by atoms with Crippen molar-refractivity contribution in [3.63, 3.8) is 0 Å². The molecule has 0 aromatic carbocycles. The number of fused-ring (bicyclic) bond motifs is 1. The minimum Gasteiger partial charge on any atom is -0.504 e. The molecular weight excluding hydrogens is 318 g/mol. The van der Waals surface area contributed by atoms with Gasteiger partial charge in [-0.3, -0.25) is 9.59 Å². The summed E-state index contributed by atoms with van der Waals surface area (Å²) in [4.78, 5) is 25.5. The highest BCUT2D eigenvalue weighted by atomic mass is 16.3. The van der Waals surface area contributed by atoms with Crippen LogP contribution < -0.4 is 5.32 Å². The molecule has 25 heavy (non-hydrogen) atoms. The van der Waals surface area contributed by atoms with Gasteiger partial charge >= 0.3 is 0 Å². The number of nitrogens with one attached hydrogen (secondary N) is 1. The second kappa shape index (κ2) is 4.85. The number of aliphatic hydroxyl groups excluding tert-OH is 2. The van der Waals surface area contributed by atoms with Crippen LogP contribution in [-0.4, -0.2) is 28.0 Å².